The van der Waals surface area contributed by atoms with Crippen molar-refractivity contribution in [3.8, 4) is 0 Å². The summed E-state index contributed by atoms with van der Waals surface area (Å²) in [6.45, 7) is 2.85. The summed E-state index contributed by atoms with van der Waals surface area (Å²) >= 11 is 0. The Hall–Kier alpha value is -3.46. The lowest BCUT2D eigenvalue weighted by Crippen LogP contribution is -2.48. The lowest BCUT2D eigenvalue weighted by molar-refractivity contribution is -0.131. The Labute approximate surface area is 172 Å². The van der Waals surface area contributed by atoms with E-state index in [4.69, 9.17) is 0 Å². The number of aliphatic hydroxyl groups is 1. The van der Waals surface area contributed by atoms with Crippen LogP contribution in [0.25, 0.3) is 11.6 Å². The van der Waals surface area contributed by atoms with Crippen molar-refractivity contribution >= 4 is 35.1 Å². The molecule has 0 aliphatic carbocycles. The second kappa shape index (κ2) is 8.11. The molecule has 2 heterocycles. The molecule has 9 heteroatoms. The summed E-state index contributed by atoms with van der Waals surface area (Å²) < 4.78 is 13.7. The predicted molar refractivity (Wildman–Crippen MR) is 110 cm³/mol. The summed E-state index contributed by atoms with van der Waals surface area (Å²) in [6.07, 6.45) is 1.56. The average Bonchev–Trinajstić information content (AvgIpc) is 3.14. The molecule has 4 N–H and O–H groups in total. The number of anilines is 1. The van der Waals surface area contributed by atoms with Crippen molar-refractivity contribution in [2.45, 2.75) is 19.9 Å². The number of fused-ring (bicyclic) bond motifs is 1. The number of nitrogens with one attached hydrogen (secondary N) is 3. The third-order valence-electron chi connectivity index (χ3n) is 4.98. The molecule has 1 aliphatic heterocycles. The van der Waals surface area contributed by atoms with Crippen molar-refractivity contribution in [1.29, 1.82) is 0 Å². The van der Waals surface area contributed by atoms with Crippen LogP contribution in [0.5, 0.6) is 0 Å². The van der Waals surface area contributed by atoms with Gasteiger partial charge in [0, 0.05) is 36.7 Å². The van der Waals surface area contributed by atoms with E-state index >= 15 is 0 Å². The SMILES string of the molecule is Cc1[nH]c(/C=C2\C(=O)Nc3ccc(F)cc32)c(C)c1C(=O)N[C@H](CO)C(=O)N(C)C. The molecule has 3 amide bonds. The minimum Gasteiger partial charge on any atom is -0.394 e. The molecule has 0 saturated heterocycles. The Morgan fingerprint density at radius 1 is 1.30 bits per heavy atom. The summed E-state index contributed by atoms with van der Waals surface area (Å²) in [7, 11) is 3.06. The normalized spacial score (nSPS) is 15.0. The first-order valence-electron chi connectivity index (χ1n) is 9.29. The van der Waals surface area contributed by atoms with Gasteiger partial charge in [0.15, 0.2) is 0 Å². The molecule has 158 valence electrons. The highest BCUT2D eigenvalue weighted by atomic mass is 19.1. The van der Waals surface area contributed by atoms with E-state index < -0.39 is 30.3 Å². The number of amides is 3. The predicted octanol–water partition coefficient (Wildman–Crippen LogP) is 1.44. The fourth-order valence-electron chi connectivity index (χ4n) is 3.43. The number of aromatic amines is 1. The number of carbonyl (C=O) groups excluding carboxylic acids is 3. The molecule has 1 aliphatic rings. The maximum absolute atomic E-state index is 13.7. The van der Waals surface area contributed by atoms with Gasteiger partial charge >= 0.3 is 0 Å². The lowest BCUT2D eigenvalue weighted by Gasteiger charge is -2.20. The average molecular weight is 414 g/mol. The first-order chi connectivity index (χ1) is 14.1. The van der Waals surface area contributed by atoms with Gasteiger partial charge in [-0.25, -0.2) is 4.39 Å². The van der Waals surface area contributed by atoms with E-state index in [0.29, 0.717) is 33.8 Å². The molecule has 1 aromatic carbocycles. The van der Waals surface area contributed by atoms with E-state index in [1.807, 2.05) is 0 Å². The van der Waals surface area contributed by atoms with Crippen LogP contribution in [0.4, 0.5) is 10.1 Å². The topological polar surface area (TPSA) is 115 Å². The van der Waals surface area contributed by atoms with Crippen LogP contribution in [0.3, 0.4) is 0 Å². The van der Waals surface area contributed by atoms with Crippen LogP contribution in [0.2, 0.25) is 0 Å². The molecule has 1 atom stereocenters. The molecule has 0 fully saturated rings. The number of hydrogen-bond acceptors (Lipinski definition) is 4. The van der Waals surface area contributed by atoms with Crippen molar-refractivity contribution in [1.82, 2.24) is 15.2 Å². The van der Waals surface area contributed by atoms with Gasteiger partial charge in [0.25, 0.3) is 11.8 Å². The Kier molecular flexibility index (Phi) is 5.75. The van der Waals surface area contributed by atoms with Crippen molar-refractivity contribution in [3.63, 3.8) is 0 Å². The van der Waals surface area contributed by atoms with Crippen molar-refractivity contribution in [2.24, 2.45) is 0 Å². The van der Waals surface area contributed by atoms with E-state index in [2.05, 4.69) is 15.6 Å². The number of nitrogens with zero attached hydrogens (tertiary/aromatic N) is 1. The molecule has 0 radical (unpaired) electrons. The van der Waals surface area contributed by atoms with Crippen LogP contribution in [-0.2, 0) is 9.59 Å². The van der Waals surface area contributed by atoms with Gasteiger partial charge in [0.05, 0.1) is 17.7 Å². The molecular weight excluding hydrogens is 391 g/mol. The van der Waals surface area contributed by atoms with Gasteiger partial charge in [0.1, 0.15) is 11.9 Å². The van der Waals surface area contributed by atoms with Gasteiger partial charge in [-0.1, -0.05) is 0 Å². The second-order valence-corrected chi connectivity index (χ2v) is 7.31. The summed E-state index contributed by atoms with van der Waals surface area (Å²) in [4.78, 5) is 41.5. The Bertz CT molecular complexity index is 1070. The minimum atomic E-state index is -1.07. The van der Waals surface area contributed by atoms with Gasteiger partial charge in [0.2, 0.25) is 5.91 Å². The quantitative estimate of drug-likeness (QED) is 0.554. The van der Waals surface area contributed by atoms with E-state index in [1.54, 1.807) is 19.9 Å². The smallest absolute Gasteiger partial charge is 0.256 e. The molecule has 8 nitrogen and oxygen atoms in total. The number of aryl methyl sites for hydroxylation is 1. The summed E-state index contributed by atoms with van der Waals surface area (Å²) in [5, 5.41) is 14.7. The second-order valence-electron chi connectivity index (χ2n) is 7.31. The van der Waals surface area contributed by atoms with Gasteiger partial charge in [-0.2, -0.15) is 0 Å². The van der Waals surface area contributed by atoms with Crippen LogP contribution < -0.4 is 10.6 Å². The van der Waals surface area contributed by atoms with E-state index in [-0.39, 0.29) is 11.5 Å². The number of H-pyrrole nitrogens is 1. The fourth-order valence-corrected chi connectivity index (χ4v) is 3.43. The molecule has 0 unspecified atom stereocenters. The molecule has 0 saturated carbocycles. The zero-order valence-electron chi connectivity index (χ0n) is 17.1. The number of carbonyl (C=O) groups is 3. The molecule has 30 heavy (non-hydrogen) atoms. The van der Waals surface area contributed by atoms with E-state index in [9.17, 15) is 23.9 Å². The largest absolute Gasteiger partial charge is 0.394 e. The van der Waals surface area contributed by atoms with E-state index in [0.717, 1.165) is 0 Å². The number of benzene rings is 1. The maximum Gasteiger partial charge on any atom is 0.256 e. The fraction of sp³-hybridized carbons (Fsp3) is 0.286. The third-order valence-corrected chi connectivity index (χ3v) is 4.98. The third kappa shape index (κ3) is 3.84. The highest BCUT2D eigenvalue weighted by Gasteiger charge is 2.27. The number of rotatable bonds is 5. The lowest BCUT2D eigenvalue weighted by atomic mass is 10.0. The standard InChI is InChI=1S/C21H23FN4O4/c1-10-16(8-14-13-7-12(22)5-6-15(13)24-19(14)28)23-11(2)18(10)20(29)25-17(9-27)21(30)26(3)4/h5-8,17,23,27H,9H2,1-4H3,(H,24,28)(H,25,29)/b14-8-/t17-/m1/s1. The van der Waals surface area contributed by atoms with Crippen molar-refractivity contribution in [3.05, 3.63) is 52.1 Å². The Morgan fingerprint density at radius 3 is 2.63 bits per heavy atom. The molecule has 0 bridgehead atoms. The van der Waals surface area contributed by atoms with Gasteiger partial charge in [-0.05, 0) is 43.7 Å². The molecular formula is C21H23FN4O4. The molecule has 0 spiro atoms. The summed E-state index contributed by atoms with van der Waals surface area (Å²) in [6, 6.07) is 2.96. The number of aliphatic hydroxyl groups excluding tert-OH is 1. The molecule has 2 aromatic rings. The van der Waals surface area contributed by atoms with Crippen molar-refractivity contribution in [2.75, 3.05) is 26.0 Å². The first-order valence-corrected chi connectivity index (χ1v) is 9.29. The van der Waals surface area contributed by atoms with Gasteiger partial charge in [-0.3, -0.25) is 14.4 Å². The summed E-state index contributed by atoms with van der Waals surface area (Å²) in [5.74, 6) is -1.79. The first kappa shape index (κ1) is 21.3. The molecule has 3 rings (SSSR count). The van der Waals surface area contributed by atoms with E-state index in [1.165, 1.54) is 37.2 Å². The number of hydrogen-bond donors (Lipinski definition) is 4. The van der Waals surface area contributed by atoms with Crippen LogP contribution in [0.15, 0.2) is 18.2 Å². The van der Waals surface area contributed by atoms with Crippen LogP contribution in [-0.4, -0.2) is 59.5 Å². The highest BCUT2D eigenvalue weighted by Crippen LogP contribution is 2.34. The maximum atomic E-state index is 13.7. The van der Waals surface area contributed by atoms with Crippen LogP contribution in [0, 0.1) is 19.7 Å². The number of aromatic nitrogens is 1. The van der Waals surface area contributed by atoms with Crippen molar-refractivity contribution < 1.29 is 23.9 Å². The Morgan fingerprint density at radius 2 is 2.00 bits per heavy atom. The summed E-state index contributed by atoms with van der Waals surface area (Å²) in [5.41, 5.74) is 3.14. The van der Waals surface area contributed by atoms with Crippen LogP contribution in [0.1, 0.15) is 32.9 Å². The van der Waals surface area contributed by atoms with Crippen LogP contribution >= 0.6 is 0 Å². The number of halogens is 1. The zero-order chi connectivity index (χ0) is 22.2. The Balaban J connectivity index is 1.94. The highest BCUT2D eigenvalue weighted by molar-refractivity contribution is 6.34. The molecule has 1 aromatic heterocycles. The minimum absolute atomic E-state index is 0.275. The monoisotopic (exact) mass is 414 g/mol. The number of likely N-dealkylation sites (N-methyl/N-ethyl adjacent to an activating group) is 1. The van der Waals surface area contributed by atoms with Gasteiger partial charge in [-0.15, -0.1) is 0 Å². The van der Waals surface area contributed by atoms with Gasteiger partial charge < -0.3 is 25.6 Å². The zero-order valence-corrected chi connectivity index (χ0v) is 17.1.